The van der Waals surface area contributed by atoms with Crippen molar-refractivity contribution >= 4 is 27.3 Å². The number of nitrogens with one attached hydrogen (secondary N) is 2. The smallest absolute Gasteiger partial charge is 0.255 e. The number of sulfonamides is 1. The zero-order valence-electron chi connectivity index (χ0n) is 25.8. The summed E-state index contributed by atoms with van der Waals surface area (Å²) >= 11 is 0. The second kappa shape index (κ2) is 10.9. The molecule has 2 heterocycles. The lowest BCUT2D eigenvalue weighted by molar-refractivity contribution is 0.102. The number of carbonyl (C=O) groups is 1. The zero-order chi connectivity index (χ0) is 31.2. The lowest BCUT2D eigenvalue weighted by atomic mass is 9.86. The molecule has 0 aliphatic heterocycles. The molecule has 0 unspecified atom stereocenters. The molecule has 1 amide bonds. The van der Waals surface area contributed by atoms with Gasteiger partial charge in [0.2, 0.25) is 10.0 Å². The van der Waals surface area contributed by atoms with Gasteiger partial charge in [0, 0.05) is 16.8 Å². The van der Waals surface area contributed by atoms with E-state index in [1.165, 1.54) is 7.11 Å². The molecule has 4 aromatic rings. The van der Waals surface area contributed by atoms with Crippen LogP contribution in [0.3, 0.4) is 0 Å². The van der Waals surface area contributed by atoms with Crippen molar-refractivity contribution in [1.82, 2.24) is 24.8 Å². The molecule has 224 valence electrons. The van der Waals surface area contributed by atoms with E-state index < -0.39 is 15.9 Å². The molecule has 0 bridgehead atoms. The van der Waals surface area contributed by atoms with Gasteiger partial charge in [-0.15, -0.1) is 5.10 Å². The van der Waals surface area contributed by atoms with E-state index in [0.29, 0.717) is 22.6 Å². The number of methoxy groups -OCH3 is 1. The van der Waals surface area contributed by atoms with E-state index in [0.717, 1.165) is 28.6 Å². The lowest BCUT2D eigenvalue weighted by Gasteiger charge is -2.24. The maximum absolute atomic E-state index is 13.5. The summed E-state index contributed by atoms with van der Waals surface area (Å²) in [6.45, 7) is 16.2. The average molecular weight is 594 g/mol. The minimum Gasteiger partial charge on any atom is -0.492 e. The van der Waals surface area contributed by atoms with Crippen LogP contribution in [0, 0.1) is 13.8 Å². The first kappa shape index (κ1) is 30.8. The first-order chi connectivity index (χ1) is 19.4. The fourth-order valence-corrected chi connectivity index (χ4v) is 5.24. The van der Waals surface area contributed by atoms with Crippen LogP contribution in [0.2, 0.25) is 0 Å². The number of anilines is 2. The highest BCUT2D eigenvalue weighted by atomic mass is 32.2. The summed E-state index contributed by atoms with van der Waals surface area (Å²) in [4.78, 5) is 13.5. The Balaban J connectivity index is 1.70. The highest BCUT2D eigenvalue weighted by Gasteiger charge is 2.24. The monoisotopic (exact) mass is 593 g/mol. The lowest BCUT2D eigenvalue weighted by Crippen LogP contribution is -2.24. The fraction of sp³-hybridized carbons (Fsp3) is 0.400. The van der Waals surface area contributed by atoms with Crippen molar-refractivity contribution in [3.8, 4) is 22.7 Å². The minimum absolute atomic E-state index is 0.173. The van der Waals surface area contributed by atoms with E-state index >= 15 is 0 Å². The highest BCUT2D eigenvalue weighted by Crippen LogP contribution is 2.39. The fourth-order valence-electron chi connectivity index (χ4n) is 4.68. The van der Waals surface area contributed by atoms with E-state index in [-0.39, 0.29) is 22.4 Å². The minimum atomic E-state index is -3.60. The summed E-state index contributed by atoms with van der Waals surface area (Å²) in [7, 11) is -2.18. The third-order valence-corrected chi connectivity index (χ3v) is 7.43. The van der Waals surface area contributed by atoms with E-state index in [1.807, 2.05) is 51.6 Å². The predicted molar refractivity (Wildman–Crippen MR) is 165 cm³/mol. The molecule has 0 spiro atoms. The molecule has 0 radical (unpaired) electrons. The number of aryl methyl sites for hydroxylation is 1. The van der Waals surface area contributed by atoms with Crippen molar-refractivity contribution in [3.05, 3.63) is 65.1 Å². The van der Waals surface area contributed by atoms with Crippen LogP contribution in [0.1, 0.15) is 68.7 Å². The number of aromatic nitrogens is 5. The number of nitrogens with zero attached hydrogens (tertiary/aromatic N) is 5. The van der Waals surface area contributed by atoms with Gasteiger partial charge in [-0.3, -0.25) is 14.2 Å². The first-order valence-electron chi connectivity index (χ1n) is 13.5. The first-order valence-corrected chi connectivity index (χ1v) is 15.4. The molecule has 0 fully saturated rings. The second-order valence-corrected chi connectivity index (χ2v) is 14.2. The Hall–Kier alpha value is -4.19. The van der Waals surface area contributed by atoms with Gasteiger partial charge in [0.05, 0.1) is 48.4 Å². The quantitative estimate of drug-likeness (QED) is 0.292. The van der Waals surface area contributed by atoms with Crippen molar-refractivity contribution in [2.24, 2.45) is 0 Å². The maximum atomic E-state index is 13.5. The molecular weight excluding hydrogens is 554 g/mol. The Labute approximate surface area is 247 Å². The number of carbonyl (C=O) groups excluding carboxylic acids is 1. The van der Waals surface area contributed by atoms with Crippen molar-refractivity contribution in [2.75, 3.05) is 23.4 Å². The van der Waals surface area contributed by atoms with Crippen molar-refractivity contribution < 1.29 is 17.9 Å². The molecule has 0 saturated heterocycles. The van der Waals surface area contributed by atoms with Gasteiger partial charge in [-0.25, -0.2) is 13.1 Å². The van der Waals surface area contributed by atoms with Gasteiger partial charge in [0.15, 0.2) is 5.75 Å². The van der Waals surface area contributed by atoms with Gasteiger partial charge in [0.1, 0.15) is 5.69 Å². The van der Waals surface area contributed by atoms with Gasteiger partial charge in [0.25, 0.3) is 5.91 Å². The molecule has 11 nitrogen and oxygen atoms in total. The standard InChI is InChI=1S/C30H39N7O4S/c1-18-11-12-20(13-26(18)36-17-25(33-35-36)22-16-31-37(19(22)2)30(6,7)8)28(38)32-23-14-21(29(3,4)5)15-24(27(23)41-9)34-42(10,39)40/h11-17,34H,1-10H3,(H,32,38). The number of ether oxygens (including phenoxy) is 1. The molecule has 2 aromatic carbocycles. The van der Waals surface area contributed by atoms with Crippen LogP contribution in [0.15, 0.2) is 42.7 Å². The number of rotatable bonds is 7. The normalized spacial score (nSPS) is 12.3. The van der Waals surface area contributed by atoms with E-state index in [1.54, 1.807) is 35.1 Å². The number of benzene rings is 2. The van der Waals surface area contributed by atoms with Crippen LogP contribution in [0.5, 0.6) is 5.75 Å². The van der Waals surface area contributed by atoms with Gasteiger partial charge >= 0.3 is 0 Å². The summed E-state index contributed by atoms with van der Waals surface area (Å²) in [5.41, 5.74) is 5.41. The number of amides is 1. The van der Waals surface area contributed by atoms with Crippen molar-refractivity contribution in [3.63, 3.8) is 0 Å². The van der Waals surface area contributed by atoms with E-state index in [4.69, 9.17) is 4.74 Å². The highest BCUT2D eigenvalue weighted by molar-refractivity contribution is 7.92. The summed E-state index contributed by atoms with van der Waals surface area (Å²) in [6.07, 6.45) is 4.67. The molecule has 42 heavy (non-hydrogen) atoms. The van der Waals surface area contributed by atoms with Gasteiger partial charge < -0.3 is 10.1 Å². The van der Waals surface area contributed by atoms with Gasteiger partial charge in [-0.2, -0.15) is 5.10 Å². The largest absolute Gasteiger partial charge is 0.492 e. The number of hydrogen-bond donors (Lipinski definition) is 2. The predicted octanol–water partition coefficient (Wildman–Crippen LogP) is 5.43. The molecule has 4 rings (SSSR count). The van der Waals surface area contributed by atoms with Gasteiger partial charge in [-0.05, 0) is 75.4 Å². The number of hydrogen-bond acceptors (Lipinski definition) is 7. The van der Waals surface area contributed by atoms with Crippen molar-refractivity contribution in [2.45, 2.75) is 66.3 Å². The van der Waals surface area contributed by atoms with Crippen molar-refractivity contribution in [1.29, 1.82) is 0 Å². The SMILES string of the molecule is COc1c(NC(=O)c2ccc(C)c(-n3cc(-c4cnn(C(C)(C)C)c4C)nn3)c2)cc(C(C)(C)C)cc1NS(C)(=O)=O. The summed E-state index contributed by atoms with van der Waals surface area (Å²) < 4.78 is 35.8. The molecule has 2 N–H and O–H groups in total. The third kappa shape index (κ3) is 6.48. The van der Waals surface area contributed by atoms with Gasteiger partial charge in [-0.1, -0.05) is 32.1 Å². The zero-order valence-corrected chi connectivity index (χ0v) is 26.6. The van der Waals surface area contributed by atoms with E-state index in [2.05, 4.69) is 46.2 Å². The Morgan fingerprint density at radius 3 is 2.24 bits per heavy atom. The Bertz CT molecular complexity index is 1760. The van der Waals surface area contributed by atoms with Crippen LogP contribution in [-0.4, -0.2) is 52.5 Å². The second-order valence-electron chi connectivity index (χ2n) is 12.5. The van der Waals surface area contributed by atoms with Crippen LogP contribution < -0.4 is 14.8 Å². The molecule has 0 aliphatic rings. The summed E-state index contributed by atoms with van der Waals surface area (Å²) in [5.74, 6) is -0.185. The van der Waals surface area contributed by atoms with Crippen LogP contribution in [-0.2, 0) is 21.0 Å². The maximum Gasteiger partial charge on any atom is 0.255 e. The topological polar surface area (TPSA) is 133 Å². The van der Waals surface area contributed by atoms with Crippen LogP contribution >= 0.6 is 0 Å². The Morgan fingerprint density at radius 2 is 1.67 bits per heavy atom. The average Bonchev–Trinajstić information content (AvgIpc) is 3.49. The molecule has 12 heteroatoms. The molecule has 2 aromatic heterocycles. The van der Waals surface area contributed by atoms with Crippen LogP contribution in [0.25, 0.3) is 16.9 Å². The summed E-state index contributed by atoms with van der Waals surface area (Å²) in [5, 5.41) is 16.2. The van der Waals surface area contributed by atoms with Crippen LogP contribution in [0.4, 0.5) is 11.4 Å². The van der Waals surface area contributed by atoms with E-state index in [9.17, 15) is 13.2 Å². The molecule has 0 saturated carbocycles. The molecule has 0 aliphatic carbocycles. The molecular formula is C30H39N7O4S. The summed E-state index contributed by atoms with van der Waals surface area (Å²) in [6, 6.07) is 8.81. The Morgan fingerprint density at radius 1 is 1.00 bits per heavy atom. The Kier molecular flexibility index (Phi) is 7.98. The molecule has 0 atom stereocenters. The third-order valence-electron chi connectivity index (χ3n) is 6.84.